The number of aryl methyl sites for hydroxylation is 1. The Morgan fingerprint density at radius 1 is 0.973 bits per heavy atom. The molecule has 3 atom stereocenters. The smallest absolute Gasteiger partial charge is 0.244 e. The van der Waals surface area contributed by atoms with E-state index in [2.05, 4.69) is 61.2 Å². The van der Waals surface area contributed by atoms with Crippen LogP contribution in [0.4, 0.5) is 0 Å². The highest BCUT2D eigenvalue weighted by Crippen LogP contribution is 2.43. The molecule has 1 unspecified atom stereocenters. The van der Waals surface area contributed by atoms with E-state index in [-0.39, 0.29) is 35.1 Å². The van der Waals surface area contributed by atoms with Crippen LogP contribution in [0.25, 0.3) is 11.1 Å². The van der Waals surface area contributed by atoms with Crippen LogP contribution in [0.1, 0.15) is 41.0 Å². The van der Waals surface area contributed by atoms with E-state index in [9.17, 15) is 18.8 Å². The van der Waals surface area contributed by atoms with Gasteiger partial charge in [0.15, 0.2) is 0 Å². The first kappa shape index (κ1) is 25.6. The van der Waals surface area contributed by atoms with Gasteiger partial charge in [-0.3, -0.25) is 4.90 Å². The zero-order chi connectivity index (χ0) is 26.2. The molecule has 2 fully saturated rings. The second kappa shape index (κ2) is 10.4. The van der Waals surface area contributed by atoms with Crippen molar-refractivity contribution >= 4 is 10.0 Å². The number of hydrogen-bond donors (Lipinski definition) is 1. The number of aliphatic hydroxyl groups is 1. The standard InChI is InChI=1S/C30H33N3O3S/c1-21-8-7-10-26(22(21)2)23-12-14-24(15-13-23)30-27-19-32(16-5-6-17-33(27)28(30)20-34)37(35,36)29-11-4-3-9-25(29)18-31/h3-4,7-15,27-28,30,34H,5-6,16-17,19-20H2,1-2H3/t27-,28+,30?/m0/s1. The SMILES string of the molecule is Cc1cccc(-c2ccc(C3[C@@H](CO)N4CCCCN(S(=O)(=O)c5ccccc5C#N)C[C@@H]34)cc2)c1C. The number of hydrogen-bond acceptors (Lipinski definition) is 5. The third-order valence-corrected chi connectivity index (χ3v) is 10.1. The third kappa shape index (κ3) is 4.60. The largest absolute Gasteiger partial charge is 0.395 e. The fourth-order valence-corrected chi connectivity index (χ4v) is 7.64. The van der Waals surface area contributed by atoms with Gasteiger partial charge < -0.3 is 5.11 Å². The molecule has 2 heterocycles. The minimum atomic E-state index is -3.83. The van der Waals surface area contributed by atoms with E-state index < -0.39 is 10.0 Å². The van der Waals surface area contributed by atoms with Crippen LogP contribution in [0.2, 0.25) is 0 Å². The first-order chi connectivity index (χ1) is 17.9. The van der Waals surface area contributed by atoms with Crippen LogP contribution in [-0.2, 0) is 10.0 Å². The fourth-order valence-electron chi connectivity index (χ4n) is 6.00. The minimum absolute atomic E-state index is 0.0275. The molecule has 0 bridgehead atoms. The molecular formula is C30H33N3O3S. The summed E-state index contributed by atoms with van der Waals surface area (Å²) >= 11 is 0. The van der Waals surface area contributed by atoms with Crippen molar-refractivity contribution < 1.29 is 13.5 Å². The van der Waals surface area contributed by atoms with Gasteiger partial charge in [-0.1, -0.05) is 54.6 Å². The van der Waals surface area contributed by atoms with Crippen LogP contribution in [0.3, 0.4) is 0 Å². The Balaban J connectivity index is 1.45. The fraction of sp³-hybridized carbons (Fsp3) is 0.367. The van der Waals surface area contributed by atoms with Crippen LogP contribution in [-0.4, -0.2) is 61.1 Å². The van der Waals surface area contributed by atoms with E-state index in [0.29, 0.717) is 13.1 Å². The average molecular weight is 516 g/mol. The third-order valence-electron chi connectivity index (χ3n) is 8.17. The predicted molar refractivity (Wildman–Crippen MR) is 145 cm³/mol. The predicted octanol–water partition coefficient (Wildman–Crippen LogP) is 4.46. The number of nitrogens with zero attached hydrogens (tertiary/aromatic N) is 3. The number of sulfonamides is 1. The van der Waals surface area contributed by atoms with Crippen molar-refractivity contribution in [1.82, 2.24) is 9.21 Å². The summed E-state index contributed by atoms with van der Waals surface area (Å²) in [4.78, 5) is 2.33. The van der Waals surface area contributed by atoms with Gasteiger partial charge in [-0.25, -0.2) is 8.42 Å². The summed E-state index contributed by atoms with van der Waals surface area (Å²) in [5, 5.41) is 19.8. The second-order valence-electron chi connectivity index (χ2n) is 10.1. The van der Waals surface area contributed by atoms with E-state index in [1.54, 1.807) is 22.5 Å². The topological polar surface area (TPSA) is 84.6 Å². The molecule has 3 aromatic carbocycles. The normalized spacial score (nSPS) is 22.8. The van der Waals surface area contributed by atoms with Gasteiger partial charge in [0.1, 0.15) is 6.07 Å². The molecule has 6 nitrogen and oxygen atoms in total. The monoisotopic (exact) mass is 515 g/mol. The number of nitriles is 1. The first-order valence-electron chi connectivity index (χ1n) is 12.9. The summed E-state index contributed by atoms with van der Waals surface area (Å²) in [6, 6.07) is 23.2. The van der Waals surface area contributed by atoms with E-state index in [0.717, 1.165) is 30.5 Å². The molecule has 2 aliphatic heterocycles. The van der Waals surface area contributed by atoms with Gasteiger partial charge in [0, 0.05) is 31.1 Å². The van der Waals surface area contributed by atoms with Crippen LogP contribution < -0.4 is 0 Å². The van der Waals surface area contributed by atoms with E-state index in [1.165, 1.54) is 22.8 Å². The zero-order valence-corrected chi connectivity index (χ0v) is 22.2. The summed E-state index contributed by atoms with van der Waals surface area (Å²) in [7, 11) is -3.83. The minimum Gasteiger partial charge on any atom is -0.395 e. The van der Waals surface area contributed by atoms with Gasteiger partial charge in [-0.05, 0) is 73.2 Å². The number of aliphatic hydroxyl groups excluding tert-OH is 1. The molecule has 5 rings (SSSR count). The summed E-state index contributed by atoms with van der Waals surface area (Å²) in [6.07, 6.45) is 1.60. The first-order valence-corrected chi connectivity index (χ1v) is 14.3. The summed E-state index contributed by atoms with van der Waals surface area (Å²) in [5.74, 6) is 0.0275. The lowest BCUT2D eigenvalue weighted by Crippen LogP contribution is -2.67. The van der Waals surface area contributed by atoms with Gasteiger partial charge in [-0.2, -0.15) is 9.57 Å². The van der Waals surface area contributed by atoms with E-state index in [4.69, 9.17) is 0 Å². The van der Waals surface area contributed by atoms with Crippen molar-refractivity contribution in [1.29, 1.82) is 5.26 Å². The van der Waals surface area contributed by atoms with Gasteiger partial charge >= 0.3 is 0 Å². The van der Waals surface area contributed by atoms with E-state index >= 15 is 0 Å². The molecule has 2 saturated heterocycles. The lowest BCUT2D eigenvalue weighted by molar-refractivity contribution is -0.0553. The van der Waals surface area contributed by atoms with Crippen LogP contribution in [0.5, 0.6) is 0 Å². The Kier molecular flexibility index (Phi) is 7.19. The lowest BCUT2D eigenvalue weighted by atomic mass is 9.74. The molecule has 0 radical (unpaired) electrons. The molecule has 0 spiro atoms. The van der Waals surface area contributed by atoms with Crippen molar-refractivity contribution in [3.05, 3.63) is 89.0 Å². The second-order valence-corrected chi connectivity index (χ2v) is 12.0. The van der Waals surface area contributed by atoms with Crippen molar-refractivity contribution in [3.8, 4) is 17.2 Å². The summed E-state index contributed by atoms with van der Waals surface area (Å²) in [5.41, 5.74) is 6.16. The molecule has 2 aliphatic rings. The molecule has 1 N–H and O–H groups in total. The molecule has 0 amide bonds. The van der Waals surface area contributed by atoms with Gasteiger partial charge in [0.05, 0.1) is 17.1 Å². The zero-order valence-electron chi connectivity index (χ0n) is 21.3. The molecule has 3 aromatic rings. The lowest BCUT2D eigenvalue weighted by Gasteiger charge is -2.57. The van der Waals surface area contributed by atoms with Gasteiger partial charge in [0.25, 0.3) is 0 Å². The Morgan fingerprint density at radius 3 is 2.43 bits per heavy atom. The molecule has 37 heavy (non-hydrogen) atoms. The van der Waals surface area contributed by atoms with Crippen molar-refractivity contribution in [3.63, 3.8) is 0 Å². The maximum absolute atomic E-state index is 13.7. The highest BCUT2D eigenvalue weighted by Gasteiger charge is 2.50. The maximum atomic E-state index is 13.7. The number of rotatable bonds is 5. The molecule has 0 saturated carbocycles. The highest BCUT2D eigenvalue weighted by atomic mass is 32.2. The highest BCUT2D eigenvalue weighted by molar-refractivity contribution is 7.89. The Morgan fingerprint density at radius 2 is 1.70 bits per heavy atom. The Hall–Kier alpha value is -3.02. The van der Waals surface area contributed by atoms with E-state index in [1.807, 2.05) is 6.07 Å². The van der Waals surface area contributed by atoms with Gasteiger partial charge in [-0.15, -0.1) is 0 Å². The van der Waals surface area contributed by atoms with Crippen molar-refractivity contribution in [2.75, 3.05) is 26.2 Å². The molecule has 7 heteroatoms. The molecule has 0 aromatic heterocycles. The van der Waals surface area contributed by atoms with Crippen LogP contribution >= 0.6 is 0 Å². The van der Waals surface area contributed by atoms with Crippen molar-refractivity contribution in [2.45, 2.75) is 49.6 Å². The Bertz CT molecular complexity index is 1430. The quantitative estimate of drug-likeness (QED) is 0.543. The Labute approximate surface area is 219 Å². The van der Waals surface area contributed by atoms with Gasteiger partial charge in [0.2, 0.25) is 10.0 Å². The van der Waals surface area contributed by atoms with Crippen molar-refractivity contribution in [2.24, 2.45) is 0 Å². The van der Waals surface area contributed by atoms with Crippen LogP contribution in [0, 0.1) is 25.2 Å². The maximum Gasteiger partial charge on any atom is 0.244 e. The summed E-state index contributed by atoms with van der Waals surface area (Å²) in [6.45, 7) is 5.89. The average Bonchev–Trinajstić information content (AvgIpc) is 2.89. The van der Waals surface area contributed by atoms with Crippen LogP contribution in [0.15, 0.2) is 71.6 Å². The molecule has 192 valence electrons. The number of benzene rings is 3. The molecular weight excluding hydrogens is 482 g/mol. The molecule has 0 aliphatic carbocycles. The summed E-state index contributed by atoms with van der Waals surface area (Å²) < 4.78 is 28.9. The number of fused-ring (bicyclic) bond motifs is 1.